The highest BCUT2D eigenvalue weighted by molar-refractivity contribution is 6.37. The number of aliphatic imine (C=N–C) groups is 1. The van der Waals surface area contributed by atoms with Crippen LogP contribution < -0.4 is 15.1 Å². The molecule has 1 aliphatic heterocycles. The summed E-state index contributed by atoms with van der Waals surface area (Å²) in [6, 6.07) is 15.6. The van der Waals surface area contributed by atoms with Crippen molar-refractivity contribution < 1.29 is 19.3 Å². The molecule has 7 heteroatoms. The second-order valence-electron chi connectivity index (χ2n) is 7.53. The van der Waals surface area contributed by atoms with Gasteiger partial charge in [-0.2, -0.15) is 0 Å². The Morgan fingerprint density at radius 1 is 1.00 bits per heavy atom. The van der Waals surface area contributed by atoms with Crippen molar-refractivity contribution in [3.05, 3.63) is 65.7 Å². The van der Waals surface area contributed by atoms with Gasteiger partial charge in [0.2, 0.25) is 5.91 Å². The van der Waals surface area contributed by atoms with Crippen LogP contribution in [0, 0.1) is 12.8 Å². The molecule has 162 valence electrons. The first-order chi connectivity index (χ1) is 15.0. The molecular weight excluding hydrogens is 392 g/mol. The van der Waals surface area contributed by atoms with Crippen LogP contribution in [0.1, 0.15) is 25.0 Å². The van der Waals surface area contributed by atoms with Gasteiger partial charge in [-0.1, -0.05) is 48.5 Å². The molecule has 7 nitrogen and oxygen atoms in total. The molecule has 2 aromatic rings. The van der Waals surface area contributed by atoms with Gasteiger partial charge >= 0.3 is 6.03 Å². The monoisotopic (exact) mass is 421 g/mol. The molecule has 1 saturated heterocycles. The number of carbonyl (C=O) groups is 3. The maximum atomic E-state index is 13.5. The smallest absolute Gasteiger partial charge is 0.334 e. The molecule has 3 rings (SSSR count). The zero-order valence-corrected chi connectivity index (χ0v) is 18.2. The van der Waals surface area contributed by atoms with Crippen LogP contribution >= 0.6 is 0 Å². The largest absolute Gasteiger partial charge is 0.335 e. The van der Waals surface area contributed by atoms with Gasteiger partial charge in [-0.15, -0.1) is 0 Å². The highest BCUT2D eigenvalue weighted by Crippen LogP contribution is 2.26. The van der Waals surface area contributed by atoms with Gasteiger partial charge < -0.3 is 4.90 Å². The van der Waals surface area contributed by atoms with Crippen molar-refractivity contribution in [2.75, 3.05) is 31.1 Å². The summed E-state index contributed by atoms with van der Waals surface area (Å²) in [5.74, 6) is -2.41. The van der Waals surface area contributed by atoms with Crippen molar-refractivity contribution >= 4 is 29.2 Å². The average molecular weight is 422 g/mol. The van der Waals surface area contributed by atoms with E-state index in [9.17, 15) is 14.4 Å². The molecule has 1 heterocycles. The highest BCUT2D eigenvalue weighted by Gasteiger charge is 2.44. The molecule has 0 aromatic heterocycles. The number of benzene rings is 2. The number of likely N-dealkylation sites (N-methyl/N-ethyl adjacent to an activating group) is 1. The molecule has 0 saturated carbocycles. The number of urea groups is 1. The number of imide groups is 2. The minimum Gasteiger partial charge on any atom is -0.334 e. The van der Waals surface area contributed by atoms with Gasteiger partial charge in [0.25, 0.3) is 5.91 Å². The molecule has 1 fully saturated rings. The summed E-state index contributed by atoms with van der Waals surface area (Å²) in [5.41, 5.74) is 2.32. The first kappa shape index (κ1) is 22.4. The number of nitrogens with one attached hydrogen (secondary N) is 2. The molecule has 1 atom stereocenters. The van der Waals surface area contributed by atoms with E-state index in [2.05, 4.69) is 19.2 Å². The third-order valence-electron chi connectivity index (χ3n) is 5.61. The highest BCUT2D eigenvalue weighted by atomic mass is 16.2. The number of aryl methyl sites for hydroxylation is 1. The quantitative estimate of drug-likeness (QED) is 0.502. The van der Waals surface area contributed by atoms with Gasteiger partial charge in [0.1, 0.15) is 0 Å². The van der Waals surface area contributed by atoms with Crippen molar-refractivity contribution in [3.8, 4) is 0 Å². The van der Waals surface area contributed by atoms with E-state index in [0.29, 0.717) is 23.5 Å². The van der Waals surface area contributed by atoms with Gasteiger partial charge in [-0.25, -0.2) is 9.69 Å². The third kappa shape index (κ3) is 4.88. The lowest BCUT2D eigenvalue weighted by atomic mass is 9.92. The minimum atomic E-state index is -1.19. The number of nitrogens with zero attached hydrogens (tertiary/aromatic N) is 2. The fourth-order valence-corrected chi connectivity index (χ4v) is 3.75. The lowest BCUT2D eigenvalue weighted by Crippen LogP contribution is -3.11. The molecule has 1 unspecified atom stereocenters. The number of barbiturate groups is 1. The normalized spacial score (nSPS) is 17.3. The maximum absolute atomic E-state index is 13.5. The summed E-state index contributed by atoms with van der Waals surface area (Å²) in [5, 5.41) is 2.35. The standard InChI is InChI=1S/C24H28N4O3/c1-4-27(5-2)16-15-25-21(18-12-7-6-8-13-18)20-22(29)26-24(31)28(23(20)30)19-14-10-9-11-17(19)3/h6-14,20H,4-5,15-16H2,1-3H3,(H,26,29,31)/p+1. The van der Waals surface area contributed by atoms with E-state index < -0.39 is 23.8 Å². The molecule has 2 N–H and O–H groups in total. The van der Waals surface area contributed by atoms with Crippen LogP contribution in [0.25, 0.3) is 0 Å². The minimum absolute atomic E-state index is 0.390. The summed E-state index contributed by atoms with van der Waals surface area (Å²) in [7, 11) is 0. The van der Waals surface area contributed by atoms with Crippen molar-refractivity contribution in [2.45, 2.75) is 20.8 Å². The topological polar surface area (TPSA) is 83.3 Å². The van der Waals surface area contributed by atoms with Crippen LogP contribution in [0.5, 0.6) is 0 Å². The summed E-state index contributed by atoms with van der Waals surface area (Å²) in [6.45, 7) is 9.29. The van der Waals surface area contributed by atoms with Crippen LogP contribution in [-0.2, 0) is 9.59 Å². The summed E-state index contributed by atoms with van der Waals surface area (Å²) >= 11 is 0. The number of anilines is 1. The van der Waals surface area contributed by atoms with Crippen LogP contribution in [0.2, 0.25) is 0 Å². The lowest BCUT2D eigenvalue weighted by molar-refractivity contribution is -0.894. The zero-order chi connectivity index (χ0) is 22.4. The van der Waals surface area contributed by atoms with Crippen LogP contribution in [-0.4, -0.2) is 49.7 Å². The van der Waals surface area contributed by atoms with Crippen LogP contribution in [0.4, 0.5) is 10.5 Å². The Bertz CT molecular complexity index is 983. The summed E-state index contributed by atoms with van der Waals surface area (Å²) in [6.07, 6.45) is 0. The van der Waals surface area contributed by atoms with Gasteiger partial charge in [0.05, 0.1) is 37.6 Å². The molecule has 0 spiro atoms. The Morgan fingerprint density at radius 2 is 1.65 bits per heavy atom. The molecule has 31 heavy (non-hydrogen) atoms. The molecule has 2 aromatic carbocycles. The number of hydrogen-bond donors (Lipinski definition) is 2. The number of rotatable bonds is 8. The van der Waals surface area contributed by atoms with Crippen molar-refractivity contribution in [1.29, 1.82) is 0 Å². The number of para-hydroxylation sites is 1. The predicted molar refractivity (Wildman–Crippen MR) is 120 cm³/mol. The van der Waals surface area contributed by atoms with E-state index in [4.69, 9.17) is 4.99 Å². The van der Waals surface area contributed by atoms with E-state index in [0.717, 1.165) is 30.1 Å². The van der Waals surface area contributed by atoms with E-state index >= 15 is 0 Å². The number of quaternary nitrogens is 1. The second kappa shape index (κ2) is 10.1. The Morgan fingerprint density at radius 3 is 2.29 bits per heavy atom. The van der Waals surface area contributed by atoms with E-state index in [1.807, 2.05) is 49.4 Å². The molecule has 1 aliphatic rings. The van der Waals surface area contributed by atoms with E-state index in [1.165, 1.54) is 4.90 Å². The SMILES string of the molecule is CC[NH+](CC)CCN=C(c1ccccc1)C1C(=O)NC(=O)N(c2ccccc2C)C1=O. The summed E-state index contributed by atoms with van der Waals surface area (Å²) in [4.78, 5) is 46.0. The first-order valence-corrected chi connectivity index (χ1v) is 10.7. The van der Waals surface area contributed by atoms with Crippen molar-refractivity contribution in [3.63, 3.8) is 0 Å². The second-order valence-corrected chi connectivity index (χ2v) is 7.53. The maximum Gasteiger partial charge on any atom is 0.335 e. The Hall–Kier alpha value is -3.32. The van der Waals surface area contributed by atoms with Gasteiger partial charge in [-0.3, -0.25) is 19.9 Å². The number of carbonyl (C=O) groups excluding carboxylic acids is 3. The van der Waals surface area contributed by atoms with E-state index in [1.54, 1.807) is 12.1 Å². The van der Waals surface area contributed by atoms with Gasteiger partial charge in [-0.05, 0) is 38.0 Å². The third-order valence-corrected chi connectivity index (χ3v) is 5.61. The molecule has 4 amide bonds. The predicted octanol–water partition coefficient (Wildman–Crippen LogP) is 1.61. The van der Waals surface area contributed by atoms with Gasteiger partial charge in [0.15, 0.2) is 5.92 Å². The molecule has 0 bridgehead atoms. The summed E-state index contributed by atoms with van der Waals surface area (Å²) < 4.78 is 0. The van der Waals surface area contributed by atoms with Gasteiger partial charge in [0, 0.05) is 0 Å². The molecule has 0 radical (unpaired) electrons. The average Bonchev–Trinajstić information content (AvgIpc) is 2.77. The lowest BCUT2D eigenvalue weighted by Gasteiger charge is -2.31. The van der Waals surface area contributed by atoms with Crippen LogP contribution in [0.3, 0.4) is 0 Å². The zero-order valence-electron chi connectivity index (χ0n) is 18.2. The van der Waals surface area contributed by atoms with E-state index in [-0.39, 0.29) is 0 Å². The van der Waals surface area contributed by atoms with Crippen molar-refractivity contribution in [1.82, 2.24) is 5.32 Å². The number of hydrogen-bond acceptors (Lipinski definition) is 4. The van der Waals surface area contributed by atoms with Crippen LogP contribution in [0.15, 0.2) is 59.6 Å². The fourth-order valence-electron chi connectivity index (χ4n) is 3.75. The number of amides is 4. The first-order valence-electron chi connectivity index (χ1n) is 10.7. The van der Waals surface area contributed by atoms with Crippen molar-refractivity contribution in [2.24, 2.45) is 10.9 Å². The molecular formula is C24H29N4O3+. The Balaban J connectivity index is 2.00. The fraction of sp³-hybridized carbons (Fsp3) is 0.333. The Labute approximate surface area is 182 Å². The molecule has 0 aliphatic carbocycles. The Kier molecular flexibility index (Phi) is 7.31.